The average Bonchev–Trinajstić information content (AvgIpc) is 2.77. The quantitative estimate of drug-likeness (QED) is 0.831. The summed E-state index contributed by atoms with van der Waals surface area (Å²) in [5, 5.41) is 0. The van der Waals surface area contributed by atoms with Crippen LogP contribution in [0.25, 0.3) is 0 Å². The number of hydrogen-bond donors (Lipinski definition) is 1. The molecule has 0 aliphatic rings. The molecular formula is C12H19BrN2O2S. The third-order valence-corrected chi connectivity index (χ3v) is 4.23. The molecule has 2 N–H and O–H groups in total. The van der Waals surface area contributed by atoms with Crippen LogP contribution in [-0.2, 0) is 16.1 Å². The lowest BCUT2D eigenvalue weighted by Crippen LogP contribution is -2.43. The zero-order valence-corrected chi connectivity index (χ0v) is 13.1. The standard InChI is InChI=1S/C12H19BrN2O2S/c1-3-15(8-9-4-5-11(13)18-9)12(16)10(14)6-7-17-2/h4-5,10H,3,6-8,14H2,1-2H3. The third kappa shape index (κ3) is 4.68. The SMILES string of the molecule is CCN(Cc1ccc(Br)s1)C(=O)C(N)CCOC. The minimum atomic E-state index is -0.478. The number of methoxy groups -OCH3 is 1. The summed E-state index contributed by atoms with van der Waals surface area (Å²) in [6, 6.07) is 3.53. The van der Waals surface area contributed by atoms with Crippen molar-refractivity contribution in [2.75, 3.05) is 20.3 Å². The second-order valence-electron chi connectivity index (χ2n) is 3.95. The van der Waals surface area contributed by atoms with Crippen LogP contribution in [0.4, 0.5) is 0 Å². The molecule has 102 valence electrons. The number of carbonyl (C=O) groups excluding carboxylic acids is 1. The Morgan fingerprint density at radius 3 is 2.83 bits per heavy atom. The van der Waals surface area contributed by atoms with Crippen LogP contribution >= 0.6 is 27.3 Å². The van der Waals surface area contributed by atoms with Gasteiger partial charge in [0.15, 0.2) is 0 Å². The molecule has 1 unspecified atom stereocenters. The fourth-order valence-corrected chi connectivity index (χ4v) is 3.07. The largest absolute Gasteiger partial charge is 0.385 e. The van der Waals surface area contributed by atoms with Crippen molar-refractivity contribution in [3.63, 3.8) is 0 Å². The number of nitrogens with zero attached hydrogens (tertiary/aromatic N) is 1. The molecule has 0 aromatic carbocycles. The summed E-state index contributed by atoms with van der Waals surface area (Å²) in [5.41, 5.74) is 5.86. The molecule has 18 heavy (non-hydrogen) atoms. The number of nitrogens with two attached hydrogens (primary N) is 1. The van der Waals surface area contributed by atoms with Gasteiger partial charge < -0.3 is 15.4 Å². The van der Waals surface area contributed by atoms with Gasteiger partial charge in [-0.3, -0.25) is 4.79 Å². The van der Waals surface area contributed by atoms with E-state index in [0.29, 0.717) is 26.1 Å². The van der Waals surface area contributed by atoms with Crippen molar-refractivity contribution in [1.82, 2.24) is 4.90 Å². The fourth-order valence-electron chi connectivity index (χ4n) is 1.57. The summed E-state index contributed by atoms with van der Waals surface area (Å²) >= 11 is 5.05. The Hall–Kier alpha value is -0.430. The average molecular weight is 335 g/mol. The Bertz CT molecular complexity index is 384. The zero-order chi connectivity index (χ0) is 13.5. The van der Waals surface area contributed by atoms with Crippen molar-refractivity contribution in [2.24, 2.45) is 5.73 Å². The van der Waals surface area contributed by atoms with Crippen LogP contribution in [-0.4, -0.2) is 37.1 Å². The van der Waals surface area contributed by atoms with Gasteiger partial charge in [0.05, 0.1) is 16.4 Å². The van der Waals surface area contributed by atoms with Crippen LogP contribution in [0.3, 0.4) is 0 Å². The second kappa shape index (κ2) is 7.89. The van der Waals surface area contributed by atoms with Gasteiger partial charge in [0.2, 0.25) is 5.91 Å². The topological polar surface area (TPSA) is 55.6 Å². The highest BCUT2D eigenvalue weighted by atomic mass is 79.9. The molecule has 4 nitrogen and oxygen atoms in total. The van der Waals surface area contributed by atoms with E-state index in [4.69, 9.17) is 10.5 Å². The molecule has 1 aromatic rings. The number of halogens is 1. The Balaban J connectivity index is 2.57. The lowest BCUT2D eigenvalue weighted by Gasteiger charge is -2.23. The van der Waals surface area contributed by atoms with Crippen LogP contribution in [0, 0.1) is 0 Å². The van der Waals surface area contributed by atoms with Crippen molar-refractivity contribution in [2.45, 2.75) is 25.9 Å². The van der Waals surface area contributed by atoms with Gasteiger partial charge in [-0.1, -0.05) is 0 Å². The highest BCUT2D eigenvalue weighted by Gasteiger charge is 2.20. The molecule has 0 aliphatic carbocycles. The van der Waals surface area contributed by atoms with Crippen LogP contribution in [0.15, 0.2) is 15.9 Å². The molecule has 6 heteroatoms. The van der Waals surface area contributed by atoms with E-state index in [0.717, 1.165) is 8.66 Å². The van der Waals surface area contributed by atoms with Crippen LogP contribution < -0.4 is 5.73 Å². The zero-order valence-electron chi connectivity index (χ0n) is 10.7. The molecule has 1 heterocycles. The van der Waals surface area contributed by atoms with Crippen molar-refractivity contribution in [3.05, 3.63) is 20.8 Å². The molecule has 0 fully saturated rings. The van der Waals surface area contributed by atoms with E-state index in [1.54, 1.807) is 23.3 Å². The van der Waals surface area contributed by atoms with Gasteiger partial charge in [0, 0.05) is 25.1 Å². The van der Waals surface area contributed by atoms with E-state index in [1.165, 1.54) is 0 Å². The molecule has 0 aliphatic heterocycles. The number of ether oxygens (including phenoxy) is 1. The van der Waals surface area contributed by atoms with Crippen LogP contribution in [0.2, 0.25) is 0 Å². The molecule has 0 radical (unpaired) electrons. The Kier molecular flexibility index (Phi) is 6.85. The van der Waals surface area contributed by atoms with Crippen molar-refractivity contribution >= 4 is 33.2 Å². The van der Waals surface area contributed by atoms with Crippen molar-refractivity contribution in [1.29, 1.82) is 0 Å². The number of likely N-dealkylation sites (N-methyl/N-ethyl adjacent to an activating group) is 1. The molecular weight excluding hydrogens is 316 g/mol. The number of carbonyl (C=O) groups is 1. The smallest absolute Gasteiger partial charge is 0.239 e. The second-order valence-corrected chi connectivity index (χ2v) is 6.49. The van der Waals surface area contributed by atoms with Crippen molar-refractivity contribution < 1.29 is 9.53 Å². The summed E-state index contributed by atoms with van der Waals surface area (Å²) in [5.74, 6) is -0.0147. The van der Waals surface area contributed by atoms with Gasteiger partial charge >= 0.3 is 0 Å². The maximum absolute atomic E-state index is 12.1. The maximum atomic E-state index is 12.1. The summed E-state index contributed by atoms with van der Waals surface area (Å²) in [7, 11) is 1.61. The van der Waals surface area contributed by atoms with E-state index in [9.17, 15) is 4.79 Å². The molecule has 1 aromatic heterocycles. The number of thiophene rings is 1. The maximum Gasteiger partial charge on any atom is 0.239 e. The molecule has 0 bridgehead atoms. The summed E-state index contributed by atoms with van der Waals surface area (Å²) in [4.78, 5) is 15.1. The third-order valence-electron chi connectivity index (χ3n) is 2.62. The first kappa shape index (κ1) is 15.6. The molecule has 1 amide bonds. The predicted molar refractivity (Wildman–Crippen MR) is 77.6 cm³/mol. The van der Waals surface area contributed by atoms with E-state index in [-0.39, 0.29) is 5.91 Å². The monoisotopic (exact) mass is 334 g/mol. The highest BCUT2D eigenvalue weighted by Crippen LogP contribution is 2.23. The number of hydrogen-bond acceptors (Lipinski definition) is 4. The van der Waals surface area contributed by atoms with Gasteiger partial charge in [0.1, 0.15) is 0 Å². The first-order valence-corrected chi connectivity index (χ1v) is 7.47. The highest BCUT2D eigenvalue weighted by molar-refractivity contribution is 9.11. The molecule has 0 spiro atoms. The van der Waals surface area contributed by atoms with Gasteiger partial charge in [0.25, 0.3) is 0 Å². The first-order chi connectivity index (χ1) is 8.58. The lowest BCUT2D eigenvalue weighted by atomic mass is 10.2. The van der Waals surface area contributed by atoms with Crippen LogP contribution in [0.5, 0.6) is 0 Å². The van der Waals surface area contributed by atoms with Crippen molar-refractivity contribution in [3.8, 4) is 0 Å². The molecule has 0 saturated heterocycles. The fraction of sp³-hybridized carbons (Fsp3) is 0.583. The molecule has 1 atom stereocenters. The van der Waals surface area contributed by atoms with Crippen LogP contribution in [0.1, 0.15) is 18.2 Å². The summed E-state index contributed by atoms with van der Waals surface area (Å²) in [6.45, 7) is 3.75. The Labute approximate surface area is 120 Å². The van der Waals surface area contributed by atoms with Gasteiger partial charge in [-0.25, -0.2) is 0 Å². The first-order valence-electron chi connectivity index (χ1n) is 5.86. The Morgan fingerprint density at radius 1 is 1.61 bits per heavy atom. The van der Waals surface area contributed by atoms with Gasteiger partial charge in [-0.15, -0.1) is 11.3 Å². The Morgan fingerprint density at radius 2 is 2.33 bits per heavy atom. The normalized spacial score (nSPS) is 12.4. The summed E-state index contributed by atoms with van der Waals surface area (Å²) in [6.07, 6.45) is 0.556. The van der Waals surface area contributed by atoms with E-state index in [1.807, 2.05) is 19.1 Å². The summed E-state index contributed by atoms with van der Waals surface area (Å²) < 4.78 is 6.02. The van der Waals surface area contributed by atoms with E-state index in [2.05, 4.69) is 15.9 Å². The number of rotatable bonds is 7. The number of amides is 1. The predicted octanol–water partition coefficient (Wildman–Crippen LogP) is 2.22. The minimum absolute atomic E-state index is 0.0147. The lowest BCUT2D eigenvalue weighted by molar-refractivity contribution is -0.133. The molecule has 0 saturated carbocycles. The van der Waals surface area contributed by atoms with Gasteiger partial charge in [-0.05, 0) is 41.4 Å². The van der Waals surface area contributed by atoms with Gasteiger partial charge in [-0.2, -0.15) is 0 Å². The van der Waals surface area contributed by atoms with E-state index >= 15 is 0 Å². The minimum Gasteiger partial charge on any atom is -0.385 e. The molecule has 1 rings (SSSR count). The van der Waals surface area contributed by atoms with E-state index < -0.39 is 6.04 Å².